The number of carboxylic acids is 1. The van der Waals surface area contributed by atoms with Crippen molar-refractivity contribution in [2.24, 2.45) is 5.92 Å². The summed E-state index contributed by atoms with van der Waals surface area (Å²) in [6.07, 6.45) is -1.09. The highest BCUT2D eigenvalue weighted by Gasteiger charge is 2.38. The van der Waals surface area contributed by atoms with E-state index in [-0.39, 0.29) is 29.9 Å². The summed E-state index contributed by atoms with van der Waals surface area (Å²) in [6.45, 7) is 1.70. The molecule has 1 atom stereocenters. The molecule has 0 unspecified atom stereocenters. The lowest BCUT2D eigenvalue weighted by atomic mass is 9.92. The molecule has 2 aliphatic rings. The molecule has 2 aromatic rings. The number of aromatic nitrogens is 2. The Balaban J connectivity index is 1.44. The van der Waals surface area contributed by atoms with Crippen LogP contribution in [0.1, 0.15) is 55.5 Å². The number of nitrogens with one attached hydrogen (secondary N) is 1. The van der Waals surface area contributed by atoms with Gasteiger partial charge in [0.15, 0.2) is 0 Å². The van der Waals surface area contributed by atoms with Crippen LogP contribution < -0.4 is 15.1 Å². The number of amides is 1. The lowest BCUT2D eigenvalue weighted by Gasteiger charge is -2.34. The standard InChI is InChI=1S/C27H31F3N6O3/c28-27(29,30)26-33-22(35-14-10-19(11-15-35)7-8-24(37)38)16-23(34-26)36-13-1-2-21(36)25(39)32-12-9-18-3-5-20(17-31)6-4-18/h3-6,16,19,21H,1-2,7-15H2,(H,32,39)(H,37,38)/t21-/m0/s1. The maximum Gasteiger partial charge on any atom is 0.451 e. The average molecular weight is 545 g/mol. The molecule has 2 fully saturated rings. The Morgan fingerprint density at radius 3 is 2.41 bits per heavy atom. The molecule has 2 N–H and O–H groups in total. The van der Waals surface area contributed by atoms with E-state index in [0.717, 1.165) is 5.56 Å². The molecule has 9 nitrogen and oxygen atoms in total. The summed E-state index contributed by atoms with van der Waals surface area (Å²) in [6, 6.07) is 10.00. The number of hydrogen-bond acceptors (Lipinski definition) is 7. The van der Waals surface area contributed by atoms with Crippen LogP contribution in [0.25, 0.3) is 0 Å². The van der Waals surface area contributed by atoms with Crippen molar-refractivity contribution in [2.45, 2.75) is 57.2 Å². The van der Waals surface area contributed by atoms with Crippen LogP contribution in [0.5, 0.6) is 0 Å². The van der Waals surface area contributed by atoms with Gasteiger partial charge in [-0.05, 0) is 62.1 Å². The van der Waals surface area contributed by atoms with Crippen LogP contribution in [-0.4, -0.2) is 59.2 Å². The summed E-state index contributed by atoms with van der Waals surface area (Å²) in [7, 11) is 0. The first-order chi connectivity index (χ1) is 18.6. The Hall–Kier alpha value is -3.88. The number of piperidine rings is 1. The first-order valence-corrected chi connectivity index (χ1v) is 13.1. The highest BCUT2D eigenvalue weighted by Crippen LogP contribution is 2.34. The fourth-order valence-corrected chi connectivity index (χ4v) is 5.14. The quantitative estimate of drug-likeness (QED) is 0.489. The minimum atomic E-state index is -4.75. The smallest absolute Gasteiger partial charge is 0.451 e. The molecule has 4 rings (SSSR count). The molecule has 0 spiro atoms. The van der Waals surface area contributed by atoms with Crippen LogP contribution in [-0.2, 0) is 22.2 Å². The van der Waals surface area contributed by atoms with Gasteiger partial charge in [0.1, 0.15) is 17.7 Å². The molecule has 3 heterocycles. The van der Waals surface area contributed by atoms with Crippen molar-refractivity contribution in [3.8, 4) is 6.07 Å². The predicted octanol–water partition coefficient (Wildman–Crippen LogP) is 3.78. The van der Waals surface area contributed by atoms with E-state index in [1.807, 2.05) is 12.1 Å². The normalized spacial score (nSPS) is 18.2. The summed E-state index contributed by atoms with van der Waals surface area (Å²) >= 11 is 0. The van der Waals surface area contributed by atoms with E-state index in [2.05, 4.69) is 21.4 Å². The van der Waals surface area contributed by atoms with Gasteiger partial charge in [-0.2, -0.15) is 18.4 Å². The molecule has 1 amide bonds. The van der Waals surface area contributed by atoms with Gasteiger partial charge in [-0.1, -0.05) is 12.1 Å². The van der Waals surface area contributed by atoms with Crippen LogP contribution in [0.3, 0.4) is 0 Å². The number of alkyl halides is 3. The molecule has 0 bridgehead atoms. The largest absolute Gasteiger partial charge is 0.481 e. The molecule has 12 heteroatoms. The highest BCUT2D eigenvalue weighted by molar-refractivity contribution is 5.85. The maximum absolute atomic E-state index is 13.8. The lowest BCUT2D eigenvalue weighted by molar-refractivity contribution is -0.144. The van der Waals surface area contributed by atoms with E-state index in [9.17, 15) is 22.8 Å². The second-order valence-corrected chi connectivity index (χ2v) is 9.97. The number of carbonyl (C=O) groups excluding carboxylic acids is 1. The third-order valence-corrected chi connectivity index (χ3v) is 7.30. The number of halogens is 3. The van der Waals surface area contributed by atoms with Gasteiger partial charge in [-0.25, -0.2) is 9.97 Å². The number of hydrogen-bond donors (Lipinski definition) is 2. The molecule has 0 aliphatic carbocycles. The number of aliphatic carboxylic acids is 1. The maximum atomic E-state index is 13.8. The van der Waals surface area contributed by atoms with Crippen LogP contribution in [0, 0.1) is 17.2 Å². The van der Waals surface area contributed by atoms with Crippen molar-refractivity contribution in [3.05, 3.63) is 47.3 Å². The number of benzene rings is 1. The Bertz CT molecular complexity index is 1210. The minimum Gasteiger partial charge on any atom is -0.481 e. The van der Waals surface area contributed by atoms with E-state index in [1.165, 1.54) is 6.07 Å². The van der Waals surface area contributed by atoms with Crippen molar-refractivity contribution in [2.75, 3.05) is 36.0 Å². The fourth-order valence-electron chi connectivity index (χ4n) is 5.14. The van der Waals surface area contributed by atoms with Gasteiger partial charge >= 0.3 is 12.1 Å². The SMILES string of the molecule is N#Cc1ccc(CCNC(=O)[C@@H]2CCCN2c2cc(N3CCC(CCC(=O)O)CC3)nc(C(F)(F)F)n2)cc1. The Morgan fingerprint density at radius 1 is 1.08 bits per heavy atom. The monoisotopic (exact) mass is 544 g/mol. The highest BCUT2D eigenvalue weighted by atomic mass is 19.4. The Kier molecular flexibility index (Phi) is 8.89. The molecular weight excluding hydrogens is 513 g/mol. The Morgan fingerprint density at radius 2 is 1.77 bits per heavy atom. The topological polar surface area (TPSA) is 122 Å². The summed E-state index contributed by atoms with van der Waals surface area (Å²) in [5.74, 6) is -1.92. The average Bonchev–Trinajstić information content (AvgIpc) is 3.42. The molecule has 2 aliphatic heterocycles. The van der Waals surface area contributed by atoms with Crippen molar-refractivity contribution in [1.82, 2.24) is 15.3 Å². The molecular formula is C27H31F3N6O3. The van der Waals surface area contributed by atoms with Crippen molar-refractivity contribution in [1.29, 1.82) is 5.26 Å². The zero-order valence-corrected chi connectivity index (χ0v) is 21.5. The van der Waals surface area contributed by atoms with Gasteiger partial charge in [-0.3, -0.25) is 9.59 Å². The molecule has 1 aromatic carbocycles. The zero-order chi connectivity index (χ0) is 28.0. The van der Waals surface area contributed by atoms with E-state index >= 15 is 0 Å². The predicted molar refractivity (Wildman–Crippen MR) is 137 cm³/mol. The summed E-state index contributed by atoms with van der Waals surface area (Å²) < 4.78 is 41.3. The lowest BCUT2D eigenvalue weighted by Crippen LogP contribution is -2.44. The second-order valence-electron chi connectivity index (χ2n) is 9.97. The van der Waals surface area contributed by atoms with E-state index in [0.29, 0.717) is 70.3 Å². The first kappa shape index (κ1) is 28.1. The second kappa shape index (κ2) is 12.3. The van der Waals surface area contributed by atoms with E-state index in [4.69, 9.17) is 10.4 Å². The van der Waals surface area contributed by atoms with Crippen LogP contribution >= 0.6 is 0 Å². The summed E-state index contributed by atoms with van der Waals surface area (Å²) in [5, 5.41) is 20.7. The molecule has 2 saturated heterocycles. The fraction of sp³-hybridized carbons (Fsp3) is 0.519. The van der Waals surface area contributed by atoms with Gasteiger partial charge in [0.25, 0.3) is 0 Å². The minimum absolute atomic E-state index is 0.0741. The van der Waals surface area contributed by atoms with Crippen molar-refractivity contribution < 1.29 is 27.9 Å². The summed E-state index contributed by atoms with van der Waals surface area (Å²) in [4.78, 5) is 34.9. The van der Waals surface area contributed by atoms with E-state index in [1.54, 1.807) is 21.9 Å². The number of nitrogens with zero attached hydrogens (tertiary/aromatic N) is 5. The number of carbonyl (C=O) groups is 2. The molecule has 39 heavy (non-hydrogen) atoms. The van der Waals surface area contributed by atoms with Gasteiger partial charge < -0.3 is 20.2 Å². The van der Waals surface area contributed by atoms with Crippen molar-refractivity contribution >= 4 is 23.5 Å². The van der Waals surface area contributed by atoms with Gasteiger partial charge in [0, 0.05) is 38.7 Å². The van der Waals surface area contributed by atoms with Gasteiger partial charge in [-0.15, -0.1) is 0 Å². The molecule has 208 valence electrons. The molecule has 0 saturated carbocycles. The van der Waals surface area contributed by atoms with Crippen LogP contribution in [0.4, 0.5) is 24.8 Å². The number of nitriles is 1. The number of rotatable bonds is 9. The Labute approximate surface area is 224 Å². The third kappa shape index (κ3) is 7.37. The third-order valence-electron chi connectivity index (χ3n) is 7.30. The van der Waals surface area contributed by atoms with Gasteiger partial charge in [0.05, 0.1) is 11.6 Å². The van der Waals surface area contributed by atoms with Crippen LogP contribution in [0.15, 0.2) is 30.3 Å². The van der Waals surface area contributed by atoms with Gasteiger partial charge in [0.2, 0.25) is 11.7 Å². The van der Waals surface area contributed by atoms with Crippen molar-refractivity contribution in [3.63, 3.8) is 0 Å². The number of anilines is 2. The van der Waals surface area contributed by atoms with Crippen LogP contribution in [0.2, 0.25) is 0 Å². The van der Waals surface area contributed by atoms with E-state index < -0.39 is 24.0 Å². The molecule has 0 radical (unpaired) electrons. The molecule has 1 aromatic heterocycles. The first-order valence-electron chi connectivity index (χ1n) is 13.1. The number of carboxylic acid groups (broad SMARTS) is 1. The zero-order valence-electron chi connectivity index (χ0n) is 21.5. The summed E-state index contributed by atoms with van der Waals surface area (Å²) in [5.41, 5.74) is 1.51.